The molecular weight excluding hydrogens is 228 g/mol. The van der Waals surface area contributed by atoms with E-state index in [0.29, 0.717) is 10.9 Å². The predicted molar refractivity (Wildman–Crippen MR) is 57.1 cm³/mol. The number of thioether (sulfide) groups is 1. The average molecular weight is 236 g/mol. The zero-order valence-electron chi connectivity index (χ0n) is 8.12. The highest BCUT2D eigenvalue weighted by atomic mass is 32.2. The molecule has 2 aromatic heterocycles. The van der Waals surface area contributed by atoms with E-state index in [4.69, 9.17) is 5.11 Å². The van der Waals surface area contributed by atoms with Crippen molar-refractivity contribution in [3.8, 4) is 0 Å². The van der Waals surface area contributed by atoms with Gasteiger partial charge in [-0.05, 0) is 12.1 Å². The van der Waals surface area contributed by atoms with Gasteiger partial charge in [0, 0.05) is 11.9 Å². The molecule has 0 bridgehead atoms. The van der Waals surface area contributed by atoms with Crippen LogP contribution in [0.5, 0.6) is 0 Å². The van der Waals surface area contributed by atoms with Crippen LogP contribution in [-0.2, 0) is 5.75 Å². The quantitative estimate of drug-likeness (QED) is 0.775. The molecule has 6 nitrogen and oxygen atoms in total. The predicted octanol–water partition coefficient (Wildman–Crippen LogP) is 1.19. The zero-order chi connectivity index (χ0) is 11.4. The van der Waals surface area contributed by atoms with E-state index in [-0.39, 0.29) is 5.56 Å². The zero-order valence-corrected chi connectivity index (χ0v) is 8.94. The maximum Gasteiger partial charge on any atom is 0.337 e. The fourth-order valence-electron chi connectivity index (χ4n) is 1.04. The summed E-state index contributed by atoms with van der Waals surface area (Å²) in [6, 6.07) is 3.22. The molecule has 16 heavy (non-hydrogen) atoms. The Hall–Kier alpha value is -1.89. The molecule has 2 aromatic rings. The van der Waals surface area contributed by atoms with E-state index in [2.05, 4.69) is 20.2 Å². The molecule has 0 aliphatic heterocycles. The number of carboxylic acids is 1. The largest absolute Gasteiger partial charge is 0.478 e. The van der Waals surface area contributed by atoms with Gasteiger partial charge in [-0.1, -0.05) is 11.8 Å². The minimum atomic E-state index is -0.970. The third-order valence-corrected chi connectivity index (χ3v) is 2.73. The van der Waals surface area contributed by atoms with Crippen molar-refractivity contribution >= 4 is 17.7 Å². The lowest BCUT2D eigenvalue weighted by Gasteiger charge is -1.98. The molecule has 2 heterocycles. The molecule has 0 saturated carbocycles. The third kappa shape index (κ3) is 2.57. The SMILES string of the molecule is O=C(O)c1ccc(CSc2ncn[nH]2)nc1. The van der Waals surface area contributed by atoms with E-state index < -0.39 is 5.97 Å². The van der Waals surface area contributed by atoms with Crippen LogP contribution in [0.1, 0.15) is 16.1 Å². The van der Waals surface area contributed by atoms with Gasteiger partial charge in [-0.3, -0.25) is 10.1 Å². The molecule has 0 radical (unpaired) electrons. The minimum absolute atomic E-state index is 0.188. The van der Waals surface area contributed by atoms with Crippen molar-refractivity contribution < 1.29 is 9.90 Å². The van der Waals surface area contributed by atoms with Crippen LogP contribution in [0.2, 0.25) is 0 Å². The lowest BCUT2D eigenvalue weighted by Crippen LogP contribution is -1.98. The second kappa shape index (κ2) is 4.75. The summed E-state index contributed by atoms with van der Waals surface area (Å²) >= 11 is 1.46. The molecule has 0 aromatic carbocycles. The fourth-order valence-corrected chi connectivity index (χ4v) is 1.74. The maximum absolute atomic E-state index is 10.6. The maximum atomic E-state index is 10.6. The van der Waals surface area contributed by atoms with E-state index in [1.165, 1.54) is 30.4 Å². The summed E-state index contributed by atoms with van der Waals surface area (Å²) in [5.74, 6) is -0.350. The van der Waals surface area contributed by atoms with Crippen LogP contribution in [0.25, 0.3) is 0 Å². The number of nitrogens with one attached hydrogen (secondary N) is 1. The van der Waals surface area contributed by atoms with Crippen LogP contribution in [0.3, 0.4) is 0 Å². The average Bonchev–Trinajstić information content (AvgIpc) is 2.80. The van der Waals surface area contributed by atoms with Crippen LogP contribution in [0.4, 0.5) is 0 Å². The van der Waals surface area contributed by atoms with Gasteiger partial charge in [0.2, 0.25) is 0 Å². The number of rotatable bonds is 4. The molecule has 0 aliphatic carbocycles. The Morgan fingerprint density at radius 1 is 1.44 bits per heavy atom. The highest BCUT2D eigenvalue weighted by Gasteiger charge is 2.04. The summed E-state index contributed by atoms with van der Waals surface area (Å²) in [6.45, 7) is 0. The van der Waals surface area contributed by atoms with Gasteiger partial charge < -0.3 is 5.11 Å². The summed E-state index contributed by atoms with van der Waals surface area (Å²) in [7, 11) is 0. The van der Waals surface area contributed by atoms with E-state index >= 15 is 0 Å². The molecule has 0 fully saturated rings. The van der Waals surface area contributed by atoms with Crippen LogP contribution >= 0.6 is 11.8 Å². The molecule has 82 valence electrons. The molecular formula is C9H8N4O2S. The first kappa shape index (κ1) is 10.6. The summed E-state index contributed by atoms with van der Waals surface area (Å²) in [6.07, 6.45) is 2.78. The van der Waals surface area contributed by atoms with Crippen molar-refractivity contribution in [1.82, 2.24) is 20.2 Å². The molecule has 2 N–H and O–H groups in total. The summed E-state index contributed by atoms with van der Waals surface area (Å²) < 4.78 is 0. The number of aromatic carboxylic acids is 1. The molecule has 0 spiro atoms. The molecule has 0 amide bonds. The van der Waals surface area contributed by atoms with Crippen molar-refractivity contribution in [2.75, 3.05) is 0 Å². The number of H-pyrrole nitrogens is 1. The number of carbonyl (C=O) groups is 1. The summed E-state index contributed by atoms with van der Waals surface area (Å²) in [5, 5.41) is 15.8. The Morgan fingerprint density at radius 3 is 2.88 bits per heavy atom. The molecule has 0 unspecified atom stereocenters. The molecule has 0 atom stereocenters. The van der Waals surface area contributed by atoms with Crippen molar-refractivity contribution in [3.05, 3.63) is 35.9 Å². The first-order valence-corrected chi connectivity index (χ1v) is 5.40. The highest BCUT2D eigenvalue weighted by Crippen LogP contribution is 2.16. The van der Waals surface area contributed by atoms with E-state index in [1.807, 2.05) is 0 Å². The van der Waals surface area contributed by atoms with Gasteiger partial charge in [-0.15, -0.1) is 0 Å². The number of nitrogens with zero attached hydrogens (tertiary/aromatic N) is 3. The minimum Gasteiger partial charge on any atom is -0.478 e. The number of hydrogen-bond acceptors (Lipinski definition) is 5. The third-order valence-electron chi connectivity index (χ3n) is 1.82. The number of pyridine rings is 1. The Kier molecular flexibility index (Phi) is 3.16. The number of hydrogen-bond donors (Lipinski definition) is 2. The lowest BCUT2D eigenvalue weighted by atomic mass is 10.2. The normalized spacial score (nSPS) is 10.2. The van der Waals surface area contributed by atoms with Crippen LogP contribution < -0.4 is 0 Å². The molecule has 0 aliphatic rings. The molecule has 0 saturated heterocycles. The van der Waals surface area contributed by atoms with Crippen molar-refractivity contribution in [2.45, 2.75) is 10.9 Å². The van der Waals surface area contributed by atoms with Gasteiger partial charge in [-0.2, -0.15) is 5.10 Å². The second-order valence-corrected chi connectivity index (χ2v) is 3.89. The van der Waals surface area contributed by atoms with Crippen LogP contribution in [0, 0.1) is 0 Å². The number of aromatic amines is 1. The van der Waals surface area contributed by atoms with E-state index in [0.717, 1.165) is 5.69 Å². The molecule has 7 heteroatoms. The smallest absolute Gasteiger partial charge is 0.337 e. The van der Waals surface area contributed by atoms with Crippen LogP contribution in [-0.4, -0.2) is 31.2 Å². The summed E-state index contributed by atoms with van der Waals surface area (Å²) in [5.41, 5.74) is 0.986. The standard InChI is InChI=1S/C9H8N4O2S/c14-8(15)6-1-2-7(10-3-6)4-16-9-11-5-12-13-9/h1-3,5H,4H2,(H,14,15)(H,11,12,13). The van der Waals surface area contributed by atoms with E-state index in [9.17, 15) is 4.79 Å². The Morgan fingerprint density at radius 2 is 2.31 bits per heavy atom. The first-order valence-electron chi connectivity index (χ1n) is 4.42. The van der Waals surface area contributed by atoms with Crippen molar-refractivity contribution in [2.24, 2.45) is 0 Å². The Balaban J connectivity index is 1.98. The van der Waals surface area contributed by atoms with Gasteiger partial charge in [0.05, 0.1) is 11.3 Å². The monoisotopic (exact) mass is 236 g/mol. The van der Waals surface area contributed by atoms with Gasteiger partial charge in [0.25, 0.3) is 0 Å². The topological polar surface area (TPSA) is 91.8 Å². The van der Waals surface area contributed by atoms with E-state index in [1.54, 1.807) is 6.07 Å². The highest BCUT2D eigenvalue weighted by molar-refractivity contribution is 7.98. The summed E-state index contributed by atoms with van der Waals surface area (Å²) in [4.78, 5) is 18.6. The lowest BCUT2D eigenvalue weighted by molar-refractivity contribution is 0.0696. The Labute approximate surface area is 95.1 Å². The van der Waals surface area contributed by atoms with Gasteiger partial charge in [0.1, 0.15) is 6.33 Å². The van der Waals surface area contributed by atoms with Gasteiger partial charge >= 0.3 is 5.97 Å². The first-order chi connectivity index (χ1) is 7.75. The van der Waals surface area contributed by atoms with Crippen molar-refractivity contribution in [1.29, 1.82) is 0 Å². The second-order valence-electron chi connectivity index (χ2n) is 2.92. The number of carboxylic acid groups (broad SMARTS) is 1. The van der Waals surface area contributed by atoms with Crippen LogP contribution in [0.15, 0.2) is 29.8 Å². The fraction of sp³-hybridized carbons (Fsp3) is 0.111. The Bertz CT molecular complexity index is 469. The van der Waals surface area contributed by atoms with Gasteiger partial charge in [-0.25, -0.2) is 9.78 Å². The van der Waals surface area contributed by atoms with Gasteiger partial charge in [0.15, 0.2) is 5.16 Å². The van der Waals surface area contributed by atoms with Crippen molar-refractivity contribution in [3.63, 3.8) is 0 Å². The molecule has 2 rings (SSSR count). The number of aromatic nitrogens is 4.